The highest BCUT2D eigenvalue weighted by molar-refractivity contribution is 5.97. The minimum absolute atomic E-state index is 0.161. The van der Waals surface area contributed by atoms with Crippen molar-refractivity contribution in [2.24, 2.45) is 0 Å². The van der Waals surface area contributed by atoms with Gasteiger partial charge < -0.3 is 4.90 Å². The third-order valence-corrected chi connectivity index (χ3v) is 4.90. The highest BCUT2D eigenvalue weighted by atomic mass is 16.2. The fourth-order valence-electron chi connectivity index (χ4n) is 3.63. The number of piperidine rings is 1. The van der Waals surface area contributed by atoms with E-state index in [4.69, 9.17) is 5.10 Å². The van der Waals surface area contributed by atoms with Gasteiger partial charge in [-0.05, 0) is 43.2 Å². The molecule has 3 rings (SSSR count). The van der Waals surface area contributed by atoms with Gasteiger partial charge in [0.25, 0.3) is 5.91 Å². The molecule has 2 aromatic rings. The van der Waals surface area contributed by atoms with E-state index in [9.17, 15) is 4.79 Å². The maximum atomic E-state index is 13.4. The van der Waals surface area contributed by atoms with Crippen LogP contribution in [0.15, 0.2) is 30.3 Å². The molecule has 1 aliphatic heterocycles. The van der Waals surface area contributed by atoms with Crippen molar-refractivity contribution in [3.05, 3.63) is 47.3 Å². The molecule has 2 heterocycles. The van der Waals surface area contributed by atoms with Gasteiger partial charge in [0, 0.05) is 13.1 Å². The van der Waals surface area contributed by atoms with Gasteiger partial charge in [-0.1, -0.05) is 45.9 Å². The topological polar surface area (TPSA) is 38.1 Å². The van der Waals surface area contributed by atoms with E-state index in [-0.39, 0.29) is 17.7 Å². The molecule has 0 atom stereocenters. The maximum Gasteiger partial charge on any atom is 0.257 e. The average molecular weight is 339 g/mol. The number of para-hydroxylation sites is 1. The van der Waals surface area contributed by atoms with E-state index in [0.717, 1.165) is 48.6 Å². The van der Waals surface area contributed by atoms with Crippen LogP contribution in [0.2, 0.25) is 0 Å². The van der Waals surface area contributed by atoms with E-state index >= 15 is 0 Å². The lowest BCUT2D eigenvalue weighted by Crippen LogP contribution is -2.36. The quantitative estimate of drug-likeness (QED) is 0.806. The molecule has 4 heteroatoms. The third kappa shape index (κ3) is 3.48. The van der Waals surface area contributed by atoms with E-state index in [2.05, 4.69) is 39.8 Å². The SMILES string of the molecule is CC(C)c1nn(-c2ccccc2)c(C(C)C)c1C(=O)N1CCCCC1. The second-order valence-electron chi connectivity index (χ2n) is 7.56. The molecule has 1 fully saturated rings. The normalized spacial score (nSPS) is 15.2. The molecular weight excluding hydrogens is 310 g/mol. The number of carbonyl (C=O) groups excluding carboxylic acids is 1. The van der Waals surface area contributed by atoms with Gasteiger partial charge in [-0.15, -0.1) is 0 Å². The summed E-state index contributed by atoms with van der Waals surface area (Å²) in [6.45, 7) is 10.3. The molecule has 25 heavy (non-hydrogen) atoms. The average Bonchev–Trinajstić information content (AvgIpc) is 3.03. The van der Waals surface area contributed by atoms with Crippen LogP contribution in [0.4, 0.5) is 0 Å². The van der Waals surface area contributed by atoms with Gasteiger partial charge >= 0.3 is 0 Å². The molecule has 0 N–H and O–H groups in total. The van der Waals surface area contributed by atoms with Gasteiger partial charge in [0.05, 0.1) is 22.6 Å². The Labute approximate surface area is 150 Å². The van der Waals surface area contributed by atoms with Crippen molar-refractivity contribution in [1.29, 1.82) is 0 Å². The molecule has 1 saturated heterocycles. The minimum Gasteiger partial charge on any atom is -0.339 e. The summed E-state index contributed by atoms with van der Waals surface area (Å²) in [5, 5.41) is 4.89. The summed E-state index contributed by atoms with van der Waals surface area (Å²) < 4.78 is 1.98. The molecule has 0 unspecified atom stereocenters. The van der Waals surface area contributed by atoms with E-state index in [1.54, 1.807) is 0 Å². The Balaban J connectivity index is 2.15. The van der Waals surface area contributed by atoms with Crippen molar-refractivity contribution in [3.63, 3.8) is 0 Å². The highest BCUT2D eigenvalue weighted by Crippen LogP contribution is 2.31. The number of benzene rings is 1. The highest BCUT2D eigenvalue weighted by Gasteiger charge is 2.30. The zero-order valence-electron chi connectivity index (χ0n) is 15.8. The van der Waals surface area contributed by atoms with Crippen molar-refractivity contribution in [2.75, 3.05) is 13.1 Å². The van der Waals surface area contributed by atoms with E-state index < -0.39 is 0 Å². The van der Waals surface area contributed by atoms with E-state index in [0.29, 0.717) is 0 Å². The van der Waals surface area contributed by atoms with Crippen LogP contribution in [-0.4, -0.2) is 33.7 Å². The molecule has 4 nitrogen and oxygen atoms in total. The Bertz CT molecular complexity index is 725. The summed E-state index contributed by atoms with van der Waals surface area (Å²) in [4.78, 5) is 15.4. The summed E-state index contributed by atoms with van der Waals surface area (Å²) in [6.07, 6.45) is 3.43. The van der Waals surface area contributed by atoms with E-state index in [1.165, 1.54) is 6.42 Å². The van der Waals surface area contributed by atoms with Crippen LogP contribution < -0.4 is 0 Å². The molecule has 0 bridgehead atoms. The molecule has 0 spiro atoms. The van der Waals surface area contributed by atoms with Crippen LogP contribution in [0.1, 0.15) is 80.5 Å². The van der Waals surface area contributed by atoms with Crippen LogP contribution in [0, 0.1) is 0 Å². The molecule has 1 amide bonds. The first-order valence-electron chi connectivity index (χ1n) is 9.48. The fraction of sp³-hybridized carbons (Fsp3) is 0.524. The van der Waals surface area contributed by atoms with Gasteiger partial charge in [0.15, 0.2) is 0 Å². The molecule has 134 valence electrons. The lowest BCUT2D eigenvalue weighted by atomic mass is 9.97. The predicted octanol–water partition coefficient (Wildman–Crippen LogP) is 4.75. The first kappa shape index (κ1) is 17.7. The zero-order chi connectivity index (χ0) is 18.0. The smallest absolute Gasteiger partial charge is 0.257 e. The second-order valence-corrected chi connectivity index (χ2v) is 7.56. The van der Waals surface area contributed by atoms with Crippen molar-refractivity contribution in [2.45, 2.75) is 58.8 Å². The van der Waals surface area contributed by atoms with Crippen LogP contribution in [0.3, 0.4) is 0 Å². The molecule has 0 saturated carbocycles. The number of likely N-dealkylation sites (tertiary alicyclic amines) is 1. The second kappa shape index (κ2) is 7.42. The summed E-state index contributed by atoms with van der Waals surface area (Å²) in [5.74, 6) is 0.601. The van der Waals surface area contributed by atoms with Crippen molar-refractivity contribution < 1.29 is 4.79 Å². The first-order valence-corrected chi connectivity index (χ1v) is 9.48. The number of amides is 1. The Kier molecular flexibility index (Phi) is 5.26. The molecular formula is C21H29N3O. The number of hydrogen-bond acceptors (Lipinski definition) is 2. The van der Waals surface area contributed by atoms with Gasteiger partial charge in [0.2, 0.25) is 0 Å². The monoisotopic (exact) mass is 339 g/mol. The lowest BCUT2D eigenvalue weighted by Gasteiger charge is -2.27. The molecule has 0 aliphatic carbocycles. The number of nitrogens with zero attached hydrogens (tertiary/aromatic N) is 3. The number of rotatable bonds is 4. The summed E-state index contributed by atoms with van der Waals surface area (Å²) in [7, 11) is 0. The van der Waals surface area contributed by atoms with E-state index in [1.807, 2.05) is 27.8 Å². The standard InChI is InChI=1S/C21H29N3O/c1-15(2)19-18(21(25)23-13-9-6-10-14-23)20(16(3)4)24(22-19)17-11-7-5-8-12-17/h5,7-8,11-12,15-16H,6,9-10,13-14H2,1-4H3. The Morgan fingerprint density at radius 3 is 2.16 bits per heavy atom. The largest absolute Gasteiger partial charge is 0.339 e. The van der Waals surface area contributed by atoms with Crippen LogP contribution in [-0.2, 0) is 0 Å². The zero-order valence-corrected chi connectivity index (χ0v) is 15.8. The Morgan fingerprint density at radius 1 is 0.960 bits per heavy atom. The maximum absolute atomic E-state index is 13.4. The minimum atomic E-state index is 0.161. The lowest BCUT2D eigenvalue weighted by molar-refractivity contribution is 0.0721. The van der Waals surface area contributed by atoms with Crippen molar-refractivity contribution in [3.8, 4) is 5.69 Å². The molecule has 1 aromatic carbocycles. The molecule has 0 radical (unpaired) electrons. The fourth-order valence-corrected chi connectivity index (χ4v) is 3.63. The Hall–Kier alpha value is -2.10. The Morgan fingerprint density at radius 2 is 1.60 bits per heavy atom. The van der Waals surface area contributed by atoms with Crippen LogP contribution in [0.5, 0.6) is 0 Å². The van der Waals surface area contributed by atoms with Gasteiger partial charge in [-0.2, -0.15) is 5.10 Å². The summed E-state index contributed by atoms with van der Waals surface area (Å²) in [5.41, 5.74) is 3.80. The van der Waals surface area contributed by atoms with Gasteiger partial charge in [-0.3, -0.25) is 4.79 Å². The third-order valence-electron chi connectivity index (χ3n) is 4.90. The van der Waals surface area contributed by atoms with Crippen molar-refractivity contribution in [1.82, 2.24) is 14.7 Å². The summed E-state index contributed by atoms with van der Waals surface area (Å²) in [6, 6.07) is 10.1. The number of hydrogen-bond donors (Lipinski definition) is 0. The first-order chi connectivity index (χ1) is 12.0. The number of aromatic nitrogens is 2. The van der Waals surface area contributed by atoms with Crippen LogP contribution in [0.25, 0.3) is 5.69 Å². The summed E-state index contributed by atoms with van der Waals surface area (Å²) >= 11 is 0. The molecule has 1 aliphatic rings. The van der Waals surface area contributed by atoms with Gasteiger partial charge in [-0.25, -0.2) is 4.68 Å². The van der Waals surface area contributed by atoms with Crippen molar-refractivity contribution >= 4 is 5.91 Å². The molecule has 1 aromatic heterocycles. The van der Waals surface area contributed by atoms with Gasteiger partial charge in [0.1, 0.15) is 0 Å². The van der Waals surface area contributed by atoms with Crippen LogP contribution >= 0.6 is 0 Å². The number of carbonyl (C=O) groups is 1. The predicted molar refractivity (Wildman–Crippen MR) is 101 cm³/mol.